The summed E-state index contributed by atoms with van der Waals surface area (Å²) in [5.41, 5.74) is 1.49. The number of amides is 1. The molecule has 0 aromatic heterocycles. The fourth-order valence-corrected chi connectivity index (χ4v) is 4.26. The van der Waals surface area contributed by atoms with Crippen molar-refractivity contribution in [3.63, 3.8) is 0 Å². The third-order valence-corrected chi connectivity index (χ3v) is 5.87. The number of benzene rings is 2. The number of rotatable bonds is 6. The number of amidine groups is 1. The van der Waals surface area contributed by atoms with Gasteiger partial charge in [0.15, 0.2) is 11.3 Å². The minimum absolute atomic E-state index is 0.140. The summed E-state index contributed by atoms with van der Waals surface area (Å²) in [4.78, 5) is 17.9. The summed E-state index contributed by atoms with van der Waals surface area (Å²) < 4.78 is 5.27. The van der Waals surface area contributed by atoms with Crippen LogP contribution in [0, 0.1) is 0 Å². The Labute approximate surface area is 174 Å². The lowest BCUT2D eigenvalue weighted by Crippen LogP contribution is -2.50. The molecule has 29 heavy (non-hydrogen) atoms. The van der Waals surface area contributed by atoms with Crippen molar-refractivity contribution >= 4 is 28.5 Å². The van der Waals surface area contributed by atoms with Gasteiger partial charge in [0.25, 0.3) is 5.91 Å². The lowest BCUT2D eigenvalue weighted by atomic mass is 10.1. The normalized spacial score (nSPS) is 17.7. The molecule has 2 heterocycles. The van der Waals surface area contributed by atoms with Crippen LogP contribution in [0.5, 0.6) is 5.75 Å². The number of hydrazone groups is 1. The number of thioether (sulfide) groups is 1. The monoisotopic (exact) mass is 408 g/mol. The molecule has 0 radical (unpaired) electrons. The Morgan fingerprint density at radius 2 is 1.93 bits per heavy atom. The van der Waals surface area contributed by atoms with Crippen LogP contribution in [-0.2, 0) is 4.79 Å². The summed E-state index contributed by atoms with van der Waals surface area (Å²) >= 11 is 1.58. The number of unbranched alkanes of at least 4 members (excludes halogenated alkanes) is 2. The van der Waals surface area contributed by atoms with Gasteiger partial charge in [0.2, 0.25) is 0 Å². The molecule has 0 saturated heterocycles. The molecule has 150 valence electrons. The van der Waals surface area contributed by atoms with Crippen molar-refractivity contribution in [3.05, 3.63) is 64.7 Å². The molecule has 0 aliphatic carbocycles. The number of hydrogen-bond donors (Lipinski definition) is 1. The van der Waals surface area contributed by atoms with Crippen molar-refractivity contribution in [1.29, 1.82) is 0 Å². The van der Waals surface area contributed by atoms with E-state index in [1.165, 1.54) is 12.8 Å². The molecule has 0 fully saturated rings. The predicted molar refractivity (Wildman–Crippen MR) is 116 cm³/mol. The van der Waals surface area contributed by atoms with Crippen LogP contribution in [0.1, 0.15) is 37.9 Å². The molecular weight excluding hydrogens is 384 g/mol. The van der Waals surface area contributed by atoms with E-state index in [0.29, 0.717) is 10.9 Å². The zero-order valence-corrected chi connectivity index (χ0v) is 17.4. The van der Waals surface area contributed by atoms with Gasteiger partial charge in [0.05, 0.1) is 12.5 Å². The van der Waals surface area contributed by atoms with Gasteiger partial charge in [-0.1, -0.05) is 61.9 Å². The van der Waals surface area contributed by atoms with Crippen LogP contribution < -0.4 is 20.6 Å². The number of fused-ring (bicyclic) bond motifs is 2. The van der Waals surface area contributed by atoms with Crippen molar-refractivity contribution in [2.75, 3.05) is 12.9 Å². The van der Waals surface area contributed by atoms with Gasteiger partial charge in [-0.15, -0.1) is 5.10 Å². The van der Waals surface area contributed by atoms with E-state index in [9.17, 15) is 4.79 Å². The Bertz CT molecular complexity index is 1050. The van der Waals surface area contributed by atoms with E-state index < -0.39 is 6.17 Å². The lowest BCUT2D eigenvalue weighted by Gasteiger charge is -2.34. The van der Waals surface area contributed by atoms with E-state index in [0.717, 1.165) is 34.1 Å². The molecule has 1 atom stereocenters. The molecule has 0 spiro atoms. The Kier molecular flexibility index (Phi) is 5.85. The summed E-state index contributed by atoms with van der Waals surface area (Å²) in [6, 6.07) is 15.4. The maximum absolute atomic E-state index is 13.0. The minimum atomic E-state index is -0.400. The highest BCUT2D eigenvalue weighted by molar-refractivity contribution is 8.13. The highest BCUT2D eigenvalue weighted by atomic mass is 32.2. The van der Waals surface area contributed by atoms with Gasteiger partial charge in [0, 0.05) is 11.0 Å². The van der Waals surface area contributed by atoms with Crippen molar-refractivity contribution in [2.45, 2.75) is 32.4 Å². The van der Waals surface area contributed by atoms with E-state index >= 15 is 0 Å². The van der Waals surface area contributed by atoms with Crippen molar-refractivity contribution in [1.82, 2.24) is 10.3 Å². The Morgan fingerprint density at radius 1 is 1.14 bits per heavy atom. The van der Waals surface area contributed by atoms with Crippen LogP contribution in [0.15, 0.2) is 58.6 Å². The zero-order valence-electron chi connectivity index (χ0n) is 16.6. The highest BCUT2D eigenvalue weighted by Gasteiger charge is 2.34. The molecule has 1 amide bonds. The van der Waals surface area contributed by atoms with Crippen LogP contribution in [-0.4, -0.2) is 28.9 Å². The Balaban J connectivity index is 1.75. The molecule has 2 aromatic carbocycles. The number of para-hydroxylation sites is 1. The molecule has 0 bridgehead atoms. The number of nitrogens with one attached hydrogen (secondary N) is 1. The van der Waals surface area contributed by atoms with E-state index in [1.54, 1.807) is 23.9 Å². The van der Waals surface area contributed by atoms with Crippen LogP contribution in [0.2, 0.25) is 0 Å². The van der Waals surface area contributed by atoms with Gasteiger partial charge in [-0.2, -0.15) is 0 Å². The molecule has 7 heteroatoms. The molecule has 2 aliphatic rings. The van der Waals surface area contributed by atoms with Crippen LogP contribution in [0.25, 0.3) is 5.70 Å². The molecule has 2 aromatic rings. The topological polar surface area (TPSA) is 66.3 Å². The van der Waals surface area contributed by atoms with E-state index in [-0.39, 0.29) is 5.91 Å². The first kappa shape index (κ1) is 19.5. The summed E-state index contributed by atoms with van der Waals surface area (Å²) in [5, 5.41) is 11.7. The smallest absolute Gasteiger partial charge is 0.276 e. The Morgan fingerprint density at radius 3 is 2.69 bits per heavy atom. The van der Waals surface area contributed by atoms with E-state index in [2.05, 4.69) is 12.2 Å². The highest BCUT2D eigenvalue weighted by Crippen LogP contribution is 2.31. The summed E-state index contributed by atoms with van der Waals surface area (Å²) in [5.74, 6) is 1.57. The number of methoxy groups -OCH3 is 1. The average Bonchev–Trinajstić information content (AvgIpc) is 2.76. The first-order chi connectivity index (χ1) is 14.2. The second-order valence-corrected chi connectivity index (χ2v) is 7.98. The van der Waals surface area contributed by atoms with Crippen molar-refractivity contribution < 1.29 is 9.53 Å². The number of ether oxygens (including phenoxy) is 1. The van der Waals surface area contributed by atoms with Crippen LogP contribution in [0.4, 0.5) is 0 Å². The quantitative estimate of drug-likeness (QED) is 0.747. The molecule has 4 rings (SSSR count). The van der Waals surface area contributed by atoms with Crippen molar-refractivity contribution in [2.24, 2.45) is 10.1 Å². The van der Waals surface area contributed by atoms with Gasteiger partial charge < -0.3 is 4.74 Å². The van der Waals surface area contributed by atoms with Crippen LogP contribution in [0.3, 0.4) is 0 Å². The second-order valence-electron chi connectivity index (χ2n) is 6.90. The fraction of sp³-hybridized carbons (Fsp3) is 0.318. The molecule has 6 nitrogen and oxygen atoms in total. The third-order valence-electron chi connectivity index (χ3n) is 4.92. The largest absolute Gasteiger partial charge is 0.497 e. The van der Waals surface area contributed by atoms with E-state index in [4.69, 9.17) is 14.8 Å². The fourth-order valence-electron chi connectivity index (χ4n) is 3.41. The van der Waals surface area contributed by atoms with Crippen molar-refractivity contribution in [3.8, 4) is 5.75 Å². The second kappa shape index (κ2) is 8.69. The lowest BCUT2D eigenvalue weighted by molar-refractivity contribution is -0.116. The van der Waals surface area contributed by atoms with Crippen LogP contribution >= 0.6 is 11.8 Å². The summed E-state index contributed by atoms with van der Waals surface area (Å²) in [6.07, 6.45) is 3.04. The maximum atomic E-state index is 13.0. The molecule has 0 unspecified atom stereocenters. The summed E-state index contributed by atoms with van der Waals surface area (Å²) in [7, 11) is 1.64. The van der Waals surface area contributed by atoms with Gasteiger partial charge in [-0.25, -0.2) is 5.01 Å². The molecule has 0 saturated carbocycles. The summed E-state index contributed by atoms with van der Waals surface area (Å²) in [6.45, 7) is 2.18. The number of carbonyl (C=O) groups excluding carboxylic acids is 1. The number of nitrogens with zero attached hydrogens (tertiary/aromatic N) is 3. The number of hydrogen-bond acceptors (Lipinski definition) is 6. The molecular formula is C22H24N4O2S. The SMILES string of the molecule is CCCCCSC1=NN2C(=c3ccccc3=N[C@@H]2c2ccc(OC)cc2)C(=O)N1. The first-order valence-electron chi connectivity index (χ1n) is 9.84. The Hall–Kier alpha value is -2.80. The van der Waals surface area contributed by atoms with Gasteiger partial charge in [-0.05, 0) is 30.2 Å². The third kappa shape index (κ3) is 4.00. The first-order valence-corrected chi connectivity index (χ1v) is 10.8. The zero-order chi connectivity index (χ0) is 20.2. The standard InChI is InChI=1S/C22H24N4O2S/c1-3-4-7-14-29-22-24-21(27)19-17-8-5-6-9-18(17)23-20(26(19)25-22)15-10-12-16(28-2)13-11-15/h5-6,8-13,20H,3-4,7,14H2,1-2H3,(H,24,25,27)/t20-/m0/s1. The van der Waals surface area contributed by atoms with Gasteiger partial charge in [-0.3, -0.25) is 15.1 Å². The maximum Gasteiger partial charge on any atom is 0.276 e. The predicted octanol–water partition coefficient (Wildman–Crippen LogP) is 2.76. The average molecular weight is 409 g/mol. The molecule has 1 N–H and O–H groups in total. The van der Waals surface area contributed by atoms with Gasteiger partial charge in [0.1, 0.15) is 11.4 Å². The molecule has 2 aliphatic heterocycles. The number of carbonyl (C=O) groups is 1. The van der Waals surface area contributed by atoms with E-state index in [1.807, 2.05) is 48.5 Å². The van der Waals surface area contributed by atoms with Gasteiger partial charge >= 0.3 is 0 Å². The minimum Gasteiger partial charge on any atom is -0.497 e.